The molecule has 0 bridgehead atoms. The van der Waals surface area contributed by atoms with Crippen molar-refractivity contribution in [2.75, 3.05) is 25.6 Å². The quantitative estimate of drug-likeness (QED) is 0.418. The lowest BCUT2D eigenvalue weighted by Crippen LogP contribution is -2.22. The molecule has 1 aliphatic rings. The van der Waals surface area contributed by atoms with Crippen LogP contribution in [0.25, 0.3) is 0 Å². The summed E-state index contributed by atoms with van der Waals surface area (Å²) >= 11 is 0. The number of pyridine rings is 1. The summed E-state index contributed by atoms with van der Waals surface area (Å²) in [4.78, 5) is 8.58. The largest absolute Gasteiger partial charge is 0.490 e. The summed E-state index contributed by atoms with van der Waals surface area (Å²) in [7, 11) is 1.58. The number of hydrogen-bond acceptors (Lipinski definition) is 5. The van der Waals surface area contributed by atoms with Gasteiger partial charge < -0.3 is 25.3 Å². The molecule has 7 nitrogen and oxygen atoms in total. The van der Waals surface area contributed by atoms with Crippen LogP contribution in [0.3, 0.4) is 0 Å². The van der Waals surface area contributed by atoms with E-state index in [2.05, 4.69) is 15.3 Å². The molecule has 0 amide bonds. The van der Waals surface area contributed by atoms with Crippen molar-refractivity contribution in [3.63, 3.8) is 0 Å². The van der Waals surface area contributed by atoms with Crippen LogP contribution < -0.4 is 25.3 Å². The van der Waals surface area contributed by atoms with Gasteiger partial charge in [-0.15, -0.1) is 24.0 Å². The fourth-order valence-electron chi connectivity index (χ4n) is 2.25. The number of nitrogens with zero attached hydrogens (tertiary/aromatic N) is 2. The number of aliphatic imine (C=N–C) groups is 1. The minimum atomic E-state index is 0. The van der Waals surface area contributed by atoms with Gasteiger partial charge in [-0.1, -0.05) is 6.07 Å². The van der Waals surface area contributed by atoms with Crippen LogP contribution in [0, 0.1) is 0 Å². The minimum Gasteiger partial charge on any atom is -0.490 e. The fraction of sp³-hybridized carbons (Fsp3) is 0.294. The maximum atomic E-state index is 5.94. The third kappa shape index (κ3) is 5.38. The number of nitrogens with two attached hydrogens (primary N) is 1. The molecule has 8 heteroatoms. The summed E-state index contributed by atoms with van der Waals surface area (Å²) in [5, 5.41) is 3.04. The van der Waals surface area contributed by atoms with E-state index >= 15 is 0 Å². The predicted molar refractivity (Wildman–Crippen MR) is 107 cm³/mol. The number of fused-ring (bicyclic) bond motifs is 1. The summed E-state index contributed by atoms with van der Waals surface area (Å²) in [6.07, 6.45) is 0.870. The van der Waals surface area contributed by atoms with Crippen LogP contribution in [0.5, 0.6) is 17.4 Å². The molecular formula is C17H21IN4O3. The van der Waals surface area contributed by atoms with E-state index < -0.39 is 0 Å². The molecule has 0 fully saturated rings. The van der Waals surface area contributed by atoms with Gasteiger partial charge in [0, 0.05) is 24.2 Å². The first-order valence-electron chi connectivity index (χ1n) is 7.71. The summed E-state index contributed by atoms with van der Waals surface area (Å²) in [6.45, 7) is 1.67. The predicted octanol–water partition coefficient (Wildman–Crippen LogP) is 2.80. The lowest BCUT2D eigenvalue weighted by molar-refractivity contribution is 0.297. The van der Waals surface area contributed by atoms with E-state index in [1.54, 1.807) is 13.2 Å². The molecule has 0 aliphatic carbocycles. The van der Waals surface area contributed by atoms with Gasteiger partial charge in [0.25, 0.3) is 0 Å². The van der Waals surface area contributed by atoms with Crippen LogP contribution in [0.2, 0.25) is 0 Å². The van der Waals surface area contributed by atoms with Gasteiger partial charge in [-0.3, -0.25) is 0 Å². The molecule has 2 aromatic rings. The number of anilines is 1. The average molecular weight is 456 g/mol. The second-order valence-corrected chi connectivity index (χ2v) is 5.21. The molecule has 1 aromatic heterocycles. The molecule has 0 unspecified atom stereocenters. The molecule has 0 radical (unpaired) electrons. The Balaban J connectivity index is 0.00000225. The minimum absolute atomic E-state index is 0. The van der Waals surface area contributed by atoms with E-state index in [4.69, 9.17) is 19.9 Å². The van der Waals surface area contributed by atoms with Crippen LogP contribution >= 0.6 is 24.0 Å². The number of rotatable bonds is 4. The lowest BCUT2D eigenvalue weighted by atomic mass is 10.3. The van der Waals surface area contributed by atoms with E-state index in [1.807, 2.05) is 30.3 Å². The van der Waals surface area contributed by atoms with Crippen molar-refractivity contribution in [3.05, 3.63) is 42.1 Å². The number of nitrogens with one attached hydrogen (secondary N) is 1. The highest BCUT2D eigenvalue weighted by molar-refractivity contribution is 14.0. The summed E-state index contributed by atoms with van der Waals surface area (Å²) < 4.78 is 16.3. The molecule has 0 atom stereocenters. The molecule has 1 aliphatic heterocycles. The van der Waals surface area contributed by atoms with Crippen LogP contribution in [0.15, 0.2) is 41.4 Å². The second-order valence-electron chi connectivity index (χ2n) is 5.21. The van der Waals surface area contributed by atoms with Gasteiger partial charge >= 0.3 is 0 Å². The topological polar surface area (TPSA) is 91.0 Å². The summed E-state index contributed by atoms with van der Waals surface area (Å²) in [5.41, 5.74) is 7.51. The molecule has 3 rings (SSSR count). The number of benzene rings is 1. The lowest BCUT2D eigenvalue weighted by Gasteiger charge is -2.10. The Morgan fingerprint density at radius 3 is 2.84 bits per heavy atom. The summed E-state index contributed by atoms with van der Waals surface area (Å²) in [6, 6.07) is 11.1. The van der Waals surface area contributed by atoms with Crippen molar-refractivity contribution >= 4 is 35.6 Å². The van der Waals surface area contributed by atoms with Crippen LogP contribution in [0.1, 0.15) is 12.1 Å². The van der Waals surface area contributed by atoms with Gasteiger partial charge in [0.15, 0.2) is 17.5 Å². The Morgan fingerprint density at radius 1 is 1.24 bits per heavy atom. The Labute approximate surface area is 163 Å². The monoisotopic (exact) mass is 456 g/mol. The smallest absolute Gasteiger partial charge is 0.213 e. The van der Waals surface area contributed by atoms with E-state index in [1.165, 1.54) is 0 Å². The number of hydrogen-bond donors (Lipinski definition) is 2. The molecule has 0 saturated carbocycles. The molecule has 1 aromatic carbocycles. The first-order chi connectivity index (χ1) is 11.7. The third-order valence-electron chi connectivity index (χ3n) is 3.42. The van der Waals surface area contributed by atoms with Crippen molar-refractivity contribution in [3.8, 4) is 17.4 Å². The number of aromatic nitrogens is 1. The Hall–Kier alpha value is -2.23. The zero-order chi connectivity index (χ0) is 16.8. The van der Waals surface area contributed by atoms with Gasteiger partial charge in [-0.05, 0) is 18.2 Å². The number of halogens is 1. The zero-order valence-corrected chi connectivity index (χ0v) is 16.2. The number of methoxy groups -OCH3 is 1. The molecule has 25 heavy (non-hydrogen) atoms. The van der Waals surface area contributed by atoms with Crippen molar-refractivity contribution in [1.82, 2.24) is 4.98 Å². The summed E-state index contributed by atoms with van der Waals surface area (Å²) in [5.74, 6) is 2.31. The standard InChI is InChI=1S/C17H20N4O3.HI/c1-22-16-5-2-4-13(20-16)11-19-17(18)21-12-6-7-14-15(10-12)24-9-3-8-23-14;/h2,4-7,10H,3,8-9,11H2,1H3,(H3,18,19,21);1H. The van der Waals surface area contributed by atoms with Gasteiger partial charge in [-0.2, -0.15) is 0 Å². The highest BCUT2D eigenvalue weighted by Gasteiger charge is 2.10. The van der Waals surface area contributed by atoms with E-state index in [-0.39, 0.29) is 24.0 Å². The van der Waals surface area contributed by atoms with Crippen LogP contribution in [-0.4, -0.2) is 31.3 Å². The van der Waals surface area contributed by atoms with Crippen LogP contribution in [0.4, 0.5) is 5.69 Å². The SMILES string of the molecule is COc1cccc(CN=C(N)Nc2ccc3c(c2)OCCCO3)n1.I. The average Bonchev–Trinajstić information content (AvgIpc) is 2.85. The molecule has 2 heterocycles. The van der Waals surface area contributed by atoms with Gasteiger partial charge in [0.05, 0.1) is 32.6 Å². The van der Waals surface area contributed by atoms with Gasteiger partial charge in [0.1, 0.15) is 0 Å². The first kappa shape index (κ1) is 19.1. The van der Waals surface area contributed by atoms with Crippen molar-refractivity contribution in [1.29, 1.82) is 0 Å². The molecule has 0 saturated heterocycles. The highest BCUT2D eigenvalue weighted by atomic mass is 127. The zero-order valence-electron chi connectivity index (χ0n) is 13.9. The first-order valence-corrected chi connectivity index (χ1v) is 7.71. The normalized spacial score (nSPS) is 13.4. The number of guanidine groups is 1. The van der Waals surface area contributed by atoms with E-state index in [0.717, 1.165) is 23.6 Å². The molecule has 3 N–H and O–H groups in total. The molecule has 0 spiro atoms. The Morgan fingerprint density at radius 2 is 2.04 bits per heavy atom. The maximum Gasteiger partial charge on any atom is 0.213 e. The third-order valence-corrected chi connectivity index (χ3v) is 3.42. The molecular weight excluding hydrogens is 435 g/mol. The second kappa shape index (κ2) is 9.30. The fourth-order valence-corrected chi connectivity index (χ4v) is 2.25. The van der Waals surface area contributed by atoms with Crippen LogP contribution in [-0.2, 0) is 6.54 Å². The number of ether oxygens (including phenoxy) is 3. The van der Waals surface area contributed by atoms with E-state index in [0.29, 0.717) is 37.3 Å². The Bertz CT molecular complexity index is 740. The van der Waals surface area contributed by atoms with Crippen molar-refractivity contribution in [2.24, 2.45) is 10.7 Å². The maximum absolute atomic E-state index is 5.94. The van der Waals surface area contributed by atoms with Gasteiger partial charge in [0.2, 0.25) is 5.88 Å². The van der Waals surface area contributed by atoms with Crippen molar-refractivity contribution in [2.45, 2.75) is 13.0 Å². The Kier molecular flexibility index (Phi) is 7.11. The van der Waals surface area contributed by atoms with E-state index in [9.17, 15) is 0 Å². The molecule has 134 valence electrons. The van der Waals surface area contributed by atoms with Gasteiger partial charge in [-0.25, -0.2) is 9.98 Å². The van der Waals surface area contributed by atoms with Crippen molar-refractivity contribution < 1.29 is 14.2 Å². The highest BCUT2D eigenvalue weighted by Crippen LogP contribution is 2.32.